The number of nitrogens with zero attached hydrogens (tertiary/aromatic N) is 5. The second-order valence-electron chi connectivity index (χ2n) is 7.41. The Bertz CT molecular complexity index is 748. The molecular formula is C18H26N6O. The molecule has 2 atom stereocenters. The molecule has 1 aliphatic heterocycles. The summed E-state index contributed by atoms with van der Waals surface area (Å²) >= 11 is 0. The van der Waals surface area contributed by atoms with Crippen LogP contribution in [0.3, 0.4) is 0 Å². The van der Waals surface area contributed by atoms with E-state index in [1.807, 2.05) is 25.0 Å². The number of aromatic nitrogens is 4. The number of likely N-dealkylation sites (tertiary alicyclic amines) is 1. The zero-order valence-corrected chi connectivity index (χ0v) is 15.0. The van der Waals surface area contributed by atoms with Crippen molar-refractivity contribution in [2.24, 2.45) is 0 Å². The van der Waals surface area contributed by atoms with Crippen molar-refractivity contribution in [2.45, 2.75) is 44.2 Å². The molecule has 1 N–H and O–H groups in total. The fourth-order valence-corrected chi connectivity index (χ4v) is 4.19. The number of H-pyrrole nitrogens is 1. The number of carbonyl (C=O) groups excluding carboxylic acids is 1. The summed E-state index contributed by atoms with van der Waals surface area (Å²) in [6.07, 6.45) is 9.54. The van der Waals surface area contributed by atoms with E-state index in [0.29, 0.717) is 11.5 Å². The molecule has 0 radical (unpaired) electrons. The Kier molecular flexibility index (Phi) is 4.33. The lowest BCUT2D eigenvalue weighted by molar-refractivity contribution is 0.0542. The highest BCUT2D eigenvalue weighted by atomic mass is 16.2. The smallest absolute Gasteiger partial charge is 0.257 e. The van der Waals surface area contributed by atoms with Crippen LogP contribution >= 0.6 is 0 Å². The first-order chi connectivity index (χ1) is 12.1. The topological polar surface area (TPSA) is 70.1 Å². The van der Waals surface area contributed by atoms with E-state index in [9.17, 15) is 4.79 Å². The van der Waals surface area contributed by atoms with Gasteiger partial charge < -0.3 is 14.8 Å². The van der Waals surface area contributed by atoms with E-state index in [2.05, 4.69) is 24.9 Å². The van der Waals surface area contributed by atoms with Crippen LogP contribution in [0.4, 0.5) is 0 Å². The van der Waals surface area contributed by atoms with Crippen LogP contribution in [0.1, 0.15) is 46.9 Å². The van der Waals surface area contributed by atoms with Gasteiger partial charge in [-0.2, -0.15) is 5.10 Å². The molecule has 2 aromatic rings. The lowest BCUT2D eigenvalue weighted by atomic mass is 9.78. The Morgan fingerprint density at radius 1 is 1.40 bits per heavy atom. The number of fused-ring (bicyclic) bond motifs is 3. The van der Waals surface area contributed by atoms with E-state index < -0.39 is 0 Å². The van der Waals surface area contributed by atoms with Gasteiger partial charge in [0.05, 0.1) is 30.3 Å². The number of hydrogen-bond acceptors (Lipinski definition) is 4. The summed E-state index contributed by atoms with van der Waals surface area (Å²) in [6, 6.07) is 0.266. The van der Waals surface area contributed by atoms with Gasteiger partial charge in [0.2, 0.25) is 0 Å². The van der Waals surface area contributed by atoms with E-state index in [1.54, 1.807) is 12.5 Å². The highest BCUT2D eigenvalue weighted by molar-refractivity contribution is 5.94. The van der Waals surface area contributed by atoms with Gasteiger partial charge >= 0.3 is 0 Å². The number of rotatable bonds is 4. The first-order valence-electron chi connectivity index (χ1n) is 9.14. The van der Waals surface area contributed by atoms with Crippen LogP contribution in [-0.2, 0) is 13.0 Å². The van der Waals surface area contributed by atoms with Gasteiger partial charge in [-0.1, -0.05) is 0 Å². The van der Waals surface area contributed by atoms with Crippen molar-refractivity contribution in [1.29, 1.82) is 0 Å². The van der Waals surface area contributed by atoms with E-state index in [1.165, 1.54) is 11.4 Å². The van der Waals surface area contributed by atoms with Crippen molar-refractivity contribution in [2.75, 3.05) is 27.2 Å². The molecule has 0 spiro atoms. The number of piperidine rings is 1. The van der Waals surface area contributed by atoms with Crippen LogP contribution in [0.2, 0.25) is 0 Å². The zero-order valence-electron chi connectivity index (χ0n) is 15.0. The van der Waals surface area contributed by atoms with Crippen molar-refractivity contribution in [3.8, 4) is 0 Å². The van der Waals surface area contributed by atoms with Crippen LogP contribution in [-0.4, -0.2) is 68.7 Å². The monoisotopic (exact) mass is 342 g/mol. The summed E-state index contributed by atoms with van der Waals surface area (Å²) < 4.78 is 1.86. The SMILES string of the molecule is CN(C)CCn1cc(C(=O)N2CCCC3c4nc[nH]c4CCC32)cn1. The second-order valence-corrected chi connectivity index (χ2v) is 7.41. The number of likely N-dealkylation sites (N-methyl/N-ethyl adjacent to an activating group) is 1. The Morgan fingerprint density at radius 3 is 3.12 bits per heavy atom. The van der Waals surface area contributed by atoms with Crippen molar-refractivity contribution < 1.29 is 4.79 Å². The summed E-state index contributed by atoms with van der Waals surface area (Å²) in [5, 5.41) is 4.36. The molecule has 134 valence electrons. The molecule has 2 aromatic heterocycles. The number of imidazole rings is 1. The van der Waals surface area contributed by atoms with Gasteiger partial charge in [0, 0.05) is 36.9 Å². The Labute approximate surface area is 148 Å². The first kappa shape index (κ1) is 16.3. The molecule has 7 heteroatoms. The van der Waals surface area contributed by atoms with Gasteiger partial charge in [-0.05, 0) is 39.8 Å². The molecule has 1 aliphatic carbocycles. The van der Waals surface area contributed by atoms with Crippen LogP contribution in [0.15, 0.2) is 18.7 Å². The predicted octanol–water partition coefficient (Wildman–Crippen LogP) is 1.50. The molecule has 0 aromatic carbocycles. The number of nitrogens with one attached hydrogen (secondary N) is 1. The number of carbonyl (C=O) groups is 1. The summed E-state index contributed by atoms with van der Waals surface area (Å²) in [5.41, 5.74) is 3.13. The molecule has 25 heavy (non-hydrogen) atoms. The maximum absolute atomic E-state index is 13.1. The highest BCUT2D eigenvalue weighted by Crippen LogP contribution is 2.39. The van der Waals surface area contributed by atoms with Gasteiger partial charge in [0.15, 0.2) is 0 Å². The van der Waals surface area contributed by atoms with Crippen LogP contribution in [0.5, 0.6) is 0 Å². The molecular weight excluding hydrogens is 316 g/mol. The molecule has 2 aliphatic rings. The average molecular weight is 342 g/mol. The van der Waals surface area contributed by atoms with Crippen molar-refractivity contribution in [3.05, 3.63) is 35.7 Å². The fraction of sp³-hybridized carbons (Fsp3) is 0.611. The average Bonchev–Trinajstić information content (AvgIpc) is 3.28. The quantitative estimate of drug-likeness (QED) is 0.914. The van der Waals surface area contributed by atoms with Gasteiger partial charge in [0.1, 0.15) is 0 Å². The maximum atomic E-state index is 13.1. The van der Waals surface area contributed by atoms with Crippen LogP contribution < -0.4 is 0 Å². The van der Waals surface area contributed by atoms with Gasteiger partial charge in [0.25, 0.3) is 5.91 Å². The zero-order chi connectivity index (χ0) is 17.4. The molecule has 2 unspecified atom stereocenters. The lowest BCUT2D eigenvalue weighted by Gasteiger charge is -2.43. The number of aryl methyl sites for hydroxylation is 1. The minimum Gasteiger partial charge on any atom is -0.348 e. The van der Waals surface area contributed by atoms with Crippen LogP contribution in [0, 0.1) is 0 Å². The van der Waals surface area contributed by atoms with Gasteiger partial charge in [-0.25, -0.2) is 4.98 Å². The highest BCUT2D eigenvalue weighted by Gasteiger charge is 2.40. The van der Waals surface area contributed by atoms with E-state index >= 15 is 0 Å². The molecule has 0 bridgehead atoms. The third kappa shape index (κ3) is 3.08. The predicted molar refractivity (Wildman–Crippen MR) is 94.5 cm³/mol. The van der Waals surface area contributed by atoms with Crippen molar-refractivity contribution in [3.63, 3.8) is 0 Å². The third-order valence-electron chi connectivity index (χ3n) is 5.49. The van der Waals surface area contributed by atoms with Crippen molar-refractivity contribution >= 4 is 5.91 Å². The molecule has 0 saturated carbocycles. The normalized spacial score (nSPS) is 22.8. The minimum atomic E-state index is 0.116. The van der Waals surface area contributed by atoms with E-state index in [4.69, 9.17) is 0 Å². The Morgan fingerprint density at radius 2 is 2.28 bits per heavy atom. The van der Waals surface area contributed by atoms with E-state index in [-0.39, 0.29) is 11.9 Å². The minimum absolute atomic E-state index is 0.116. The molecule has 1 fully saturated rings. The Balaban J connectivity index is 1.50. The number of hydrogen-bond donors (Lipinski definition) is 1. The summed E-state index contributed by atoms with van der Waals surface area (Å²) in [7, 11) is 4.08. The summed E-state index contributed by atoms with van der Waals surface area (Å²) in [5.74, 6) is 0.487. The molecule has 4 rings (SSSR count). The largest absolute Gasteiger partial charge is 0.348 e. The Hall–Kier alpha value is -2.15. The summed E-state index contributed by atoms with van der Waals surface area (Å²) in [6.45, 7) is 2.54. The second kappa shape index (κ2) is 6.63. The standard InChI is InChI=1S/C18H26N6O/c1-22(2)8-9-23-11-13(10-21-23)18(25)24-7-3-4-14-16(24)6-5-15-17(14)20-12-19-15/h10-12,14,16H,3-9H2,1-2H3,(H,19,20). The fourth-order valence-electron chi connectivity index (χ4n) is 4.19. The molecule has 3 heterocycles. The van der Waals surface area contributed by atoms with Crippen molar-refractivity contribution in [1.82, 2.24) is 29.5 Å². The van der Waals surface area contributed by atoms with Gasteiger partial charge in [-0.3, -0.25) is 9.48 Å². The lowest BCUT2D eigenvalue weighted by Crippen LogP contribution is -2.49. The third-order valence-corrected chi connectivity index (χ3v) is 5.49. The molecule has 7 nitrogen and oxygen atoms in total. The number of aromatic amines is 1. The molecule has 1 amide bonds. The summed E-state index contributed by atoms with van der Waals surface area (Å²) in [4.78, 5) is 25.1. The maximum Gasteiger partial charge on any atom is 0.257 e. The first-order valence-corrected chi connectivity index (χ1v) is 9.14. The molecule has 1 saturated heterocycles. The van der Waals surface area contributed by atoms with Gasteiger partial charge in [-0.15, -0.1) is 0 Å². The van der Waals surface area contributed by atoms with E-state index in [0.717, 1.165) is 45.3 Å². The number of amides is 1. The van der Waals surface area contributed by atoms with Crippen LogP contribution in [0.25, 0.3) is 0 Å².